The number of thioether (sulfide) groups is 1. The highest BCUT2D eigenvalue weighted by Crippen LogP contribution is 2.35. The maximum atomic E-state index is 10.1. The van der Waals surface area contributed by atoms with Gasteiger partial charge in [-0.25, -0.2) is 0 Å². The molecule has 0 spiro atoms. The Bertz CT molecular complexity index is 162. The number of aliphatic hydroxyl groups excluding tert-OH is 1. The minimum atomic E-state index is -0.0470. The molecule has 1 fully saturated rings. The minimum Gasteiger partial charge on any atom is -0.393 e. The second kappa shape index (κ2) is 6.80. The summed E-state index contributed by atoms with van der Waals surface area (Å²) in [7, 11) is 0. The molecule has 1 aliphatic rings. The molecule has 1 N–H and O–H groups in total. The minimum absolute atomic E-state index is 0.0470. The lowest BCUT2D eigenvalue weighted by Crippen LogP contribution is -2.29. The smallest absolute Gasteiger partial charge is 0.0576 e. The van der Waals surface area contributed by atoms with Crippen molar-refractivity contribution in [2.75, 3.05) is 11.5 Å². The molecule has 3 unspecified atom stereocenters. The Morgan fingerprint density at radius 1 is 1.20 bits per heavy atom. The van der Waals surface area contributed by atoms with Crippen molar-refractivity contribution in [2.45, 2.75) is 52.6 Å². The topological polar surface area (TPSA) is 20.2 Å². The summed E-state index contributed by atoms with van der Waals surface area (Å²) >= 11 is 1.94. The Morgan fingerprint density at radius 3 is 2.33 bits per heavy atom. The summed E-state index contributed by atoms with van der Waals surface area (Å²) in [5.74, 6) is 4.49. The van der Waals surface area contributed by atoms with Crippen molar-refractivity contribution in [1.82, 2.24) is 0 Å². The normalized spacial score (nSPS) is 34.0. The van der Waals surface area contributed by atoms with E-state index < -0.39 is 0 Å². The van der Waals surface area contributed by atoms with Crippen molar-refractivity contribution in [3.8, 4) is 0 Å². The van der Waals surface area contributed by atoms with Crippen LogP contribution in [0.2, 0.25) is 0 Å². The Kier molecular flexibility index (Phi) is 6.06. The van der Waals surface area contributed by atoms with Gasteiger partial charge >= 0.3 is 0 Å². The fourth-order valence-electron chi connectivity index (χ4n) is 2.91. The third-order valence-electron chi connectivity index (χ3n) is 3.52. The second-order valence-corrected chi connectivity index (χ2v) is 6.62. The fourth-order valence-corrected chi connectivity index (χ4v) is 3.60. The highest BCUT2D eigenvalue weighted by Gasteiger charge is 2.28. The van der Waals surface area contributed by atoms with Crippen LogP contribution in [0.3, 0.4) is 0 Å². The van der Waals surface area contributed by atoms with Crippen LogP contribution in [0.4, 0.5) is 0 Å². The molecule has 0 aromatic heterocycles. The van der Waals surface area contributed by atoms with Crippen molar-refractivity contribution in [3.05, 3.63) is 0 Å². The molecule has 3 atom stereocenters. The van der Waals surface area contributed by atoms with Gasteiger partial charge in [0.25, 0.3) is 0 Å². The molecular formula is C13H26OS. The molecule has 0 heterocycles. The third-order valence-corrected chi connectivity index (χ3v) is 4.45. The maximum absolute atomic E-state index is 10.1. The lowest BCUT2D eigenvalue weighted by molar-refractivity contribution is 0.0541. The van der Waals surface area contributed by atoms with Gasteiger partial charge in [0.15, 0.2) is 0 Å². The molecule has 2 heteroatoms. The van der Waals surface area contributed by atoms with Gasteiger partial charge in [-0.3, -0.25) is 0 Å². The van der Waals surface area contributed by atoms with Gasteiger partial charge in [-0.15, -0.1) is 0 Å². The fraction of sp³-hybridized carbons (Fsp3) is 1.00. The van der Waals surface area contributed by atoms with Gasteiger partial charge in [0.05, 0.1) is 6.10 Å². The highest BCUT2D eigenvalue weighted by atomic mass is 32.2. The van der Waals surface area contributed by atoms with E-state index in [0.717, 1.165) is 24.0 Å². The van der Waals surface area contributed by atoms with Crippen LogP contribution in [-0.4, -0.2) is 22.7 Å². The molecule has 0 aromatic rings. The lowest BCUT2D eigenvalue weighted by Gasteiger charge is -2.34. The van der Waals surface area contributed by atoms with Crippen LogP contribution in [-0.2, 0) is 0 Å². The molecule has 90 valence electrons. The van der Waals surface area contributed by atoms with Gasteiger partial charge in [0.1, 0.15) is 0 Å². The Hall–Kier alpha value is 0.310. The first kappa shape index (κ1) is 13.4. The van der Waals surface area contributed by atoms with Gasteiger partial charge in [-0.2, -0.15) is 11.8 Å². The number of hydrogen-bond acceptors (Lipinski definition) is 2. The summed E-state index contributed by atoms with van der Waals surface area (Å²) in [6.07, 6.45) is 4.77. The molecule has 0 aliphatic heterocycles. The summed E-state index contributed by atoms with van der Waals surface area (Å²) in [5, 5.41) is 10.1. The molecule has 0 amide bonds. The molecule has 1 saturated carbocycles. The lowest BCUT2D eigenvalue weighted by atomic mass is 9.74. The largest absolute Gasteiger partial charge is 0.393 e. The second-order valence-electron chi connectivity index (χ2n) is 5.23. The SMILES string of the molecule is CCSCCC(O)C1CC(C)CC(C)C1. The predicted octanol–water partition coefficient (Wildman–Crippen LogP) is 3.56. The zero-order valence-corrected chi connectivity index (χ0v) is 11.2. The first-order valence-corrected chi connectivity index (χ1v) is 7.54. The summed E-state index contributed by atoms with van der Waals surface area (Å²) in [4.78, 5) is 0. The van der Waals surface area contributed by atoms with Crippen LogP contribution in [0.15, 0.2) is 0 Å². The van der Waals surface area contributed by atoms with Crippen LogP contribution in [0.25, 0.3) is 0 Å². The average molecular weight is 230 g/mol. The van der Waals surface area contributed by atoms with Crippen molar-refractivity contribution in [3.63, 3.8) is 0 Å². The van der Waals surface area contributed by atoms with Crippen LogP contribution in [0.1, 0.15) is 46.5 Å². The molecule has 0 radical (unpaired) electrons. The van der Waals surface area contributed by atoms with Crippen molar-refractivity contribution < 1.29 is 5.11 Å². The van der Waals surface area contributed by atoms with E-state index in [4.69, 9.17) is 0 Å². The zero-order chi connectivity index (χ0) is 11.3. The molecule has 1 aliphatic carbocycles. The summed E-state index contributed by atoms with van der Waals surface area (Å²) in [6.45, 7) is 6.84. The molecule has 1 rings (SSSR count). The average Bonchev–Trinajstić information content (AvgIpc) is 2.16. The first-order chi connectivity index (χ1) is 7.13. The van der Waals surface area contributed by atoms with Crippen LogP contribution in [0, 0.1) is 17.8 Å². The summed E-state index contributed by atoms with van der Waals surface area (Å²) in [5.41, 5.74) is 0. The standard InChI is InChI=1S/C13H26OS/c1-4-15-6-5-13(14)12-8-10(2)7-11(3)9-12/h10-14H,4-9H2,1-3H3. The zero-order valence-electron chi connectivity index (χ0n) is 10.4. The van der Waals surface area contributed by atoms with Crippen LogP contribution in [0.5, 0.6) is 0 Å². The highest BCUT2D eigenvalue weighted by molar-refractivity contribution is 7.99. The molecule has 0 bridgehead atoms. The van der Waals surface area contributed by atoms with Gasteiger partial charge in [0, 0.05) is 0 Å². The van der Waals surface area contributed by atoms with Crippen LogP contribution < -0.4 is 0 Å². The van der Waals surface area contributed by atoms with E-state index in [1.807, 2.05) is 11.8 Å². The van der Waals surface area contributed by atoms with Gasteiger partial charge < -0.3 is 5.11 Å². The number of hydrogen-bond donors (Lipinski definition) is 1. The molecular weight excluding hydrogens is 204 g/mol. The molecule has 0 saturated heterocycles. The number of rotatable bonds is 5. The van der Waals surface area contributed by atoms with E-state index in [1.54, 1.807) is 0 Å². The van der Waals surface area contributed by atoms with E-state index in [-0.39, 0.29) is 6.10 Å². The van der Waals surface area contributed by atoms with Crippen molar-refractivity contribution >= 4 is 11.8 Å². The molecule has 1 nitrogen and oxygen atoms in total. The van der Waals surface area contributed by atoms with E-state index in [2.05, 4.69) is 20.8 Å². The van der Waals surface area contributed by atoms with Gasteiger partial charge in [-0.05, 0) is 54.9 Å². The van der Waals surface area contributed by atoms with Crippen LogP contribution >= 0.6 is 11.8 Å². The summed E-state index contributed by atoms with van der Waals surface area (Å²) < 4.78 is 0. The van der Waals surface area contributed by atoms with E-state index in [9.17, 15) is 5.11 Å². The summed E-state index contributed by atoms with van der Waals surface area (Å²) in [6, 6.07) is 0. The van der Waals surface area contributed by atoms with E-state index in [1.165, 1.54) is 25.0 Å². The maximum Gasteiger partial charge on any atom is 0.0576 e. The monoisotopic (exact) mass is 230 g/mol. The van der Waals surface area contributed by atoms with E-state index in [0.29, 0.717) is 5.92 Å². The van der Waals surface area contributed by atoms with Crippen molar-refractivity contribution in [2.24, 2.45) is 17.8 Å². The van der Waals surface area contributed by atoms with Crippen molar-refractivity contribution in [1.29, 1.82) is 0 Å². The Morgan fingerprint density at radius 2 is 1.80 bits per heavy atom. The molecule has 0 aromatic carbocycles. The number of aliphatic hydroxyl groups is 1. The predicted molar refractivity (Wildman–Crippen MR) is 69.3 cm³/mol. The third kappa shape index (κ3) is 4.78. The Balaban J connectivity index is 2.28. The van der Waals surface area contributed by atoms with Gasteiger partial charge in [-0.1, -0.05) is 20.8 Å². The van der Waals surface area contributed by atoms with Gasteiger partial charge in [0.2, 0.25) is 0 Å². The van der Waals surface area contributed by atoms with E-state index >= 15 is 0 Å². The quantitative estimate of drug-likeness (QED) is 0.729. The molecule has 15 heavy (non-hydrogen) atoms. The Labute approximate surface area is 99.0 Å². The first-order valence-electron chi connectivity index (χ1n) is 6.39.